The van der Waals surface area contributed by atoms with Crippen LogP contribution in [0.1, 0.15) is 12.5 Å². The first-order chi connectivity index (χ1) is 17.9. The van der Waals surface area contributed by atoms with Gasteiger partial charge in [-0.25, -0.2) is 4.98 Å². The Balaban J connectivity index is 1.51. The number of nitrogens with zero attached hydrogens (tertiary/aromatic N) is 4. The molecular weight excluding hydrogens is 494 g/mol. The van der Waals surface area contributed by atoms with Gasteiger partial charge in [0.05, 0.1) is 19.0 Å². The Morgan fingerprint density at radius 3 is 2.59 bits per heavy atom. The summed E-state index contributed by atoms with van der Waals surface area (Å²) in [5.74, 6) is 1.47. The Morgan fingerprint density at radius 2 is 1.89 bits per heavy atom. The highest BCUT2D eigenvalue weighted by molar-refractivity contribution is 6.31. The van der Waals surface area contributed by atoms with Gasteiger partial charge in [-0.2, -0.15) is 4.98 Å². The Morgan fingerprint density at radius 1 is 1.14 bits per heavy atom. The molecule has 2 aromatic carbocycles. The predicted octanol–water partition coefficient (Wildman–Crippen LogP) is 4.64. The zero-order chi connectivity index (χ0) is 26.4. The highest BCUT2D eigenvalue weighted by Gasteiger charge is 2.20. The number of hydrogen-bond acceptors (Lipinski definition) is 8. The Hall–Kier alpha value is -4.11. The third-order valence-corrected chi connectivity index (χ3v) is 6.26. The van der Waals surface area contributed by atoms with Crippen LogP contribution in [-0.4, -0.2) is 59.8 Å². The monoisotopic (exact) mass is 521 g/mol. The Bertz CT molecular complexity index is 1310. The molecule has 192 valence electrons. The molecule has 1 amide bonds. The number of benzene rings is 2. The summed E-state index contributed by atoms with van der Waals surface area (Å²) in [6.45, 7) is 7.98. The van der Waals surface area contributed by atoms with Crippen molar-refractivity contribution in [3.05, 3.63) is 71.9 Å². The lowest BCUT2D eigenvalue weighted by Gasteiger charge is -2.35. The molecule has 1 fully saturated rings. The Kier molecular flexibility index (Phi) is 8.25. The van der Waals surface area contributed by atoms with E-state index in [0.29, 0.717) is 35.8 Å². The van der Waals surface area contributed by atoms with Crippen LogP contribution in [-0.2, 0) is 16.0 Å². The van der Waals surface area contributed by atoms with Crippen molar-refractivity contribution in [3.8, 4) is 17.4 Å². The van der Waals surface area contributed by atoms with Crippen molar-refractivity contribution in [2.24, 2.45) is 0 Å². The van der Waals surface area contributed by atoms with E-state index < -0.39 is 0 Å². The van der Waals surface area contributed by atoms with E-state index in [9.17, 15) is 9.59 Å². The minimum Gasteiger partial charge on any atom is -0.494 e. The van der Waals surface area contributed by atoms with E-state index in [2.05, 4.69) is 26.8 Å². The lowest BCUT2D eigenvalue weighted by atomic mass is 10.1. The average Bonchev–Trinajstić information content (AvgIpc) is 2.91. The van der Waals surface area contributed by atoms with Gasteiger partial charge in [0.25, 0.3) is 0 Å². The summed E-state index contributed by atoms with van der Waals surface area (Å²) < 4.78 is 11.6. The number of carbonyl (C=O) groups excluding carboxylic acids is 2. The van der Waals surface area contributed by atoms with E-state index in [0.717, 1.165) is 18.8 Å². The van der Waals surface area contributed by atoms with Crippen molar-refractivity contribution in [2.75, 3.05) is 43.5 Å². The SMILES string of the molecule is C=CC(=O)Cc1ccccc1Oc1nc(Nc2ccc(N3CCN(C(C)=O)CC3)cc2OC)ncc1Cl. The third kappa shape index (κ3) is 6.37. The number of nitrogens with one attached hydrogen (secondary N) is 1. The maximum absolute atomic E-state index is 11.9. The zero-order valence-corrected chi connectivity index (χ0v) is 21.5. The van der Waals surface area contributed by atoms with E-state index in [4.69, 9.17) is 21.1 Å². The maximum atomic E-state index is 11.9. The van der Waals surface area contributed by atoms with Gasteiger partial charge in [0.2, 0.25) is 17.7 Å². The standard InChI is InChI=1S/C27H28ClN5O4/c1-4-21(35)15-19-7-5-6-8-24(19)37-26-22(28)17-29-27(31-26)30-23-10-9-20(16-25(23)36-3)33-13-11-32(12-14-33)18(2)34/h4-10,16-17H,1,11-15H2,2-3H3,(H,29,30,31). The molecular formula is C27H28ClN5O4. The summed E-state index contributed by atoms with van der Waals surface area (Å²) >= 11 is 6.31. The number of carbonyl (C=O) groups is 2. The van der Waals surface area contributed by atoms with Crippen LogP contribution in [0.4, 0.5) is 17.3 Å². The molecule has 37 heavy (non-hydrogen) atoms. The quantitative estimate of drug-likeness (QED) is 0.407. The summed E-state index contributed by atoms with van der Waals surface area (Å²) in [7, 11) is 1.59. The van der Waals surface area contributed by atoms with Crippen LogP contribution in [0.15, 0.2) is 61.3 Å². The van der Waals surface area contributed by atoms with E-state index in [1.165, 1.54) is 12.3 Å². The third-order valence-electron chi connectivity index (χ3n) is 6.01. The van der Waals surface area contributed by atoms with E-state index in [1.807, 2.05) is 29.2 Å². The summed E-state index contributed by atoms with van der Waals surface area (Å²) in [6.07, 6.45) is 2.88. The van der Waals surface area contributed by atoms with Gasteiger partial charge in [-0.05, 0) is 24.3 Å². The molecule has 0 spiro atoms. The second kappa shape index (κ2) is 11.7. The topological polar surface area (TPSA) is 96.9 Å². The minimum absolute atomic E-state index is 0.0943. The molecule has 1 saturated heterocycles. The fourth-order valence-corrected chi connectivity index (χ4v) is 4.11. The van der Waals surface area contributed by atoms with Gasteiger partial charge in [0, 0.05) is 56.8 Å². The molecule has 1 aliphatic rings. The Labute approximate surface area is 220 Å². The molecule has 0 atom stereocenters. The molecule has 0 aliphatic carbocycles. The first-order valence-corrected chi connectivity index (χ1v) is 12.1. The molecule has 0 unspecified atom stereocenters. The highest BCUT2D eigenvalue weighted by Crippen LogP contribution is 2.34. The normalized spacial score (nSPS) is 13.2. The number of anilines is 3. The molecule has 4 rings (SSSR count). The van der Waals surface area contributed by atoms with E-state index in [1.54, 1.807) is 32.2 Å². The largest absolute Gasteiger partial charge is 0.494 e. The number of allylic oxidation sites excluding steroid dienone is 1. The van der Waals surface area contributed by atoms with Crippen LogP contribution in [0.25, 0.3) is 0 Å². The van der Waals surface area contributed by atoms with Gasteiger partial charge in [-0.15, -0.1) is 0 Å². The molecule has 2 heterocycles. The van der Waals surface area contributed by atoms with Crippen molar-refractivity contribution in [2.45, 2.75) is 13.3 Å². The first kappa shape index (κ1) is 26.0. The molecule has 3 aromatic rings. The molecule has 0 bridgehead atoms. The van der Waals surface area contributed by atoms with Crippen molar-refractivity contribution < 1.29 is 19.1 Å². The van der Waals surface area contributed by atoms with Crippen molar-refractivity contribution in [3.63, 3.8) is 0 Å². The number of halogens is 1. The van der Waals surface area contributed by atoms with Crippen molar-refractivity contribution >= 4 is 40.6 Å². The lowest BCUT2D eigenvalue weighted by Crippen LogP contribution is -2.48. The van der Waals surface area contributed by atoms with Gasteiger partial charge >= 0.3 is 0 Å². The van der Waals surface area contributed by atoms with Crippen LogP contribution in [0, 0.1) is 0 Å². The number of aromatic nitrogens is 2. The second-order valence-electron chi connectivity index (χ2n) is 8.41. The highest BCUT2D eigenvalue weighted by atomic mass is 35.5. The molecule has 10 heteroatoms. The van der Waals surface area contributed by atoms with Crippen LogP contribution < -0.4 is 19.7 Å². The molecule has 0 saturated carbocycles. The average molecular weight is 522 g/mol. The second-order valence-corrected chi connectivity index (χ2v) is 8.81. The first-order valence-electron chi connectivity index (χ1n) is 11.8. The summed E-state index contributed by atoms with van der Waals surface area (Å²) in [5.41, 5.74) is 2.36. The fourth-order valence-electron chi connectivity index (χ4n) is 3.98. The number of piperazine rings is 1. The van der Waals surface area contributed by atoms with Gasteiger partial charge < -0.3 is 24.6 Å². The molecule has 1 aliphatic heterocycles. The summed E-state index contributed by atoms with van der Waals surface area (Å²) in [4.78, 5) is 36.2. The van der Waals surface area contributed by atoms with Crippen LogP contribution in [0.2, 0.25) is 5.02 Å². The predicted molar refractivity (Wildman–Crippen MR) is 143 cm³/mol. The fraction of sp³-hybridized carbons (Fsp3) is 0.259. The molecule has 0 radical (unpaired) electrons. The van der Waals surface area contributed by atoms with Crippen molar-refractivity contribution in [1.29, 1.82) is 0 Å². The van der Waals surface area contributed by atoms with Gasteiger partial charge in [-0.1, -0.05) is 36.4 Å². The number of amides is 1. The number of rotatable bonds is 9. The lowest BCUT2D eigenvalue weighted by molar-refractivity contribution is -0.129. The number of methoxy groups -OCH3 is 1. The van der Waals surface area contributed by atoms with Crippen LogP contribution in [0.3, 0.4) is 0 Å². The van der Waals surface area contributed by atoms with Crippen molar-refractivity contribution in [1.82, 2.24) is 14.9 Å². The number of para-hydroxylation sites is 1. The minimum atomic E-state index is -0.122. The van der Waals surface area contributed by atoms with E-state index in [-0.39, 0.29) is 35.0 Å². The number of hydrogen-bond donors (Lipinski definition) is 1. The van der Waals surface area contributed by atoms with Crippen LogP contribution in [0.5, 0.6) is 17.4 Å². The van der Waals surface area contributed by atoms with Gasteiger partial charge in [0.15, 0.2) is 5.78 Å². The molecule has 9 nitrogen and oxygen atoms in total. The maximum Gasteiger partial charge on any atom is 0.243 e. The number of ether oxygens (including phenoxy) is 2. The van der Waals surface area contributed by atoms with E-state index >= 15 is 0 Å². The number of ketones is 1. The summed E-state index contributed by atoms with van der Waals surface area (Å²) in [5, 5.41) is 3.38. The smallest absolute Gasteiger partial charge is 0.243 e. The van der Waals surface area contributed by atoms with Crippen LogP contribution >= 0.6 is 11.6 Å². The molecule has 1 aromatic heterocycles. The zero-order valence-electron chi connectivity index (χ0n) is 20.7. The van der Waals surface area contributed by atoms with Gasteiger partial charge in [0.1, 0.15) is 16.5 Å². The van der Waals surface area contributed by atoms with Gasteiger partial charge in [-0.3, -0.25) is 9.59 Å². The molecule has 1 N–H and O–H groups in total. The summed E-state index contributed by atoms with van der Waals surface area (Å²) in [6, 6.07) is 13.0.